The summed E-state index contributed by atoms with van der Waals surface area (Å²) in [6.07, 6.45) is 3.32. The number of aryl methyl sites for hydroxylation is 1. The molecule has 0 aliphatic carbocycles. The molecular weight excluding hydrogens is 241 g/mol. The maximum atomic E-state index is 12.9. The summed E-state index contributed by atoms with van der Waals surface area (Å²) in [6, 6.07) is 1.24. The van der Waals surface area contributed by atoms with Crippen molar-refractivity contribution in [2.24, 2.45) is 0 Å². The number of carboxylic acid groups (broad SMARTS) is 1. The van der Waals surface area contributed by atoms with Gasteiger partial charge in [0.1, 0.15) is 5.82 Å². The van der Waals surface area contributed by atoms with Crippen LogP contribution in [0.25, 0.3) is 11.5 Å². The summed E-state index contributed by atoms with van der Waals surface area (Å²) in [5.41, 5.74) is 0.395. The van der Waals surface area contributed by atoms with Crippen molar-refractivity contribution >= 4 is 5.97 Å². The molecule has 2 heterocycles. The normalized spacial score (nSPS) is 10.5. The molecule has 6 nitrogen and oxygen atoms in total. The van der Waals surface area contributed by atoms with Crippen LogP contribution in [-0.2, 0) is 11.2 Å². The Bertz CT molecular complexity index is 556. The average Bonchev–Trinajstić information content (AvgIpc) is 2.77. The Balaban J connectivity index is 2.04. The van der Waals surface area contributed by atoms with Gasteiger partial charge in [0, 0.05) is 19.0 Å². The van der Waals surface area contributed by atoms with E-state index in [0.29, 0.717) is 24.3 Å². The van der Waals surface area contributed by atoms with Gasteiger partial charge in [-0.15, -0.1) is 10.2 Å². The van der Waals surface area contributed by atoms with E-state index in [-0.39, 0.29) is 12.3 Å². The van der Waals surface area contributed by atoms with E-state index in [1.54, 1.807) is 0 Å². The molecule has 2 rings (SSSR count). The second-order valence-corrected chi connectivity index (χ2v) is 3.64. The maximum Gasteiger partial charge on any atom is 0.303 e. The lowest BCUT2D eigenvalue weighted by Crippen LogP contribution is -1.95. The number of halogens is 1. The van der Waals surface area contributed by atoms with E-state index in [2.05, 4.69) is 15.2 Å². The van der Waals surface area contributed by atoms with E-state index in [4.69, 9.17) is 9.52 Å². The number of hydrogen-bond acceptors (Lipinski definition) is 5. The van der Waals surface area contributed by atoms with Crippen molar-refractivity contribution in [3.05, 3.63) is 30.2 Å². The maximum absolute atomic E-state index is 12.9. The molecule has 2 aromatic rings. The highest BCUT2D eigenvalue weighted by Crippen LogP contribution is 2.18. The Morgan fingerprint density at radius 3 is 2.94 bits per heavy atom. The van der Waals surface area contributed by atoms with Crippen LogP contribution in [0.3, 0.4) is 0 Å². The summed E-state index contributed by atoms with van der Waals surface area (Å²) in [5, 5.41) is 16.0. The van der Waals surface area contributed by atoms with Crippen LogP contribution in [0.4, 0.5) is 4.39 Å². The highest BCUT2D eigenvalue weighted by Gasteiger charge is 2.10. The number of nitrogens with zero attached hydrogens (tertiary/aromatic N) is 3. The van der Waals surface area contributed by atoms with Gasteiger partial charge in [0.05, 0.1) is 11.8 Å². The fourth-order valence-corrected chi connectivity index (χ4v) is 1.39. The molecule has 0 aliphatic rings. The van der Waals surface area contributed by atoms with Crippen molar-refractivity contribution in [1.82, 2.24) is 15.2 Å². The Kier molecular flexibility index (Phi) is 3.61. The number of rotatable bonds is 5. The zero-order valence-electron chi connectivity index (χ0n) is 9.34. The zero-order chi connectivity index (χ0) is 13.0. The molecule has 0 saturated carbocycles. The van der Waals surface area contributed by atoms with Crippen LogP contribution < -0.4 is 0 Å². The molecule has 0 aromatic carbocycles. The van der Waals surface area contributed by atoms with Gasteiger partial charge in [0.25, 0.3) is 0 Å². The van der Waals surface area contributed by atoms with Gasteiger partial charge >= 0.3 is 5.97 Å². The Morgan fingerprint density at radius 1 is 1.39 bits per heavy atom. The second kappa shape index (κ2) is 5.35. The van der Waals surface area contributed by atoms with Crippen molar-refractivity contribution in [2.45, 2.75) is 19.3 Å². The number of aliphatic carboxylic acids is 1. The molecule has 0 atom stereocenters. The minimum absolute atomic E-state index is 0.0409. The first-order chi connectivity index (χ1) is 8.65. The van der Waals surface area contributed by atoms with Crippen LogP contribution >= 0.6 is 0 Å². The van der Waals surface area contributed by atoms with E-state index < -0.39 is 11.8 Å². The number of hydrogen-bond donors (Lipinski definition) is 1. The predicted molar refractivity (Wildman–Crippen MR) is 58.1 cm³/mol. The van der Waals surface area contributed by atoms with Crippen molar-refractivity contribution < 1.29 is 18.7 Å². The molecule has 1 N–H and O–H groups in total. The molecule has 94 valence electrons. The van der Waals surface area contributed by atoms with Crippen molar-refractivity contribution in [3.8, 4) is 11.5 Å². The van der Waals surface area contributed by atoms with Crippen LogP contribution in [0.2, 0.25) is 0 Å². The van der Waals surface area contributed by atoms with Crippen LogP contribution in [-0.4, -0.2) is 26.3 Å². The number of carbonyl (C=O) groups is 1. The van der Waals surface area contributed by atoms with Gasteiger partial charge < -0.3 is 9.52 Å². The fraction of sp³-hybridized carbons (Fsp3) is 0.273. The monoisotopic (exact) mass is 251 g/mol. The predicted octanol–water partition coefficient (Wildman–Crippen LogP) is 1.68. The molecule has 0 radical (unpaired) electrons. The average molecular weight is 251 g/mol. The minimum atomic E-state index is -0.871. The first-order valence-electron chi connectivity index (χ1n) is 5.30. The number of carboxylic acids is 1. The topological polar surface area (TPSA) is 89.1 Å². The van der Waals surface area contributed by atoms with Crippen molar-refractivity contribution in [2.75, 3.05) is 0 Å². The standard InChI is InChI=1S/C11H10FN3O3/c12-8-4-7(5-13-6-8)11-15-14-9(18-11)2-1-3-10(16)17/h4-6H,1-3H2,(H,16,17). The van der Waals surface area contributed by atoms with Gasteiger partial charge in [-0.1, -0.05) is 0 Å². The lowest BCUT2D eigenvalue weighted by atomic mass is 10.2. The summed E-state index contributed by atoms with van der Waals surface area (Å²) in [7, 11) is 0. The summed E-state index contributed by atoms with van der Waals surface area (Å²) in [5.74, 6) is -0.856. The molecule has 0 aliphatic heterocycles. The van der Waals surface area contributed by atoms with Gasteiger partial charge in [0.15, 0.2) is 0 Å². The van der Waals surface area contributed by atoms with Gasteiger partial charge in [-0.25, -0.2) is 4.39 Å². The molecular formula is C11H10FN3O3. The Labute approximate surface area is 101 Å². The second-order valence-electron chi connectivity index (χ2n) is 3.64. The summed E-state index contributed by atoms with van der Waals surface area (Å²) in [6.45, 7) is 0. The number of aromatic nitrogens is 3. The quantitative estimate of drug-likeness (QED) is 0.869. The van der Waals surface area contributed by atoms with E-state index in [1.807, 2.05) is 0 Å². The Hall–Kier alpha value is -2.31. The summed E-state index contributed by atoms with van der Waals surface area (Å²) in [4.78, 5) is 14.0. The molecule has 0 spiro atoms. The van der Waals surface area contributed by atoms with E-state index in [9.17, 15) is 9.18 Å². The molecule has 0 bridgehead atoms. The zero-order valence-corrected chi connectivity index (χ0v) is 9.34. The van der Waals surface area contributed by atoms with Crippen LogP contribution in [0.1, 0.15) is 18.7 Å². The smallest absolute Gasteiger partial charge is 0.303 e. The highest BCUT2D eigenvalue weighted by atomic mass is 19.1. The summed E-state index contributed by atoms with van der Waals surface area (Å²) < 4.78 is 18.2. The fourth-order valence-electron chi connectivity index (χ4n) is 1.39. The minimum Gasteiger partial charge on any atom is -0.481 e. The first kappa shape index (κ1) is 12.2. The van der Waals surface area contributed by atoms with Crippen LogP contribution in [0, 0.1) is 5.82 Å². The third-order valence-electron chi connectivity index (χ3n) is 2.20. The van der Waals surface area contributed by atoms with Crippen molar-refractivity contribution in [1.29, 1.82) is 0 Å². The van der Waals surface area contributed by atoms with Crippen molar-refractivity contribution in [3.63, 3.8) is 0 Å². The lowest BCUT2D eigenvalue weighted by molar-refractivity contribution is -0.137. The molecule has 7 heteroatoms. The first-order valence-corrected chi connectivity index (χ1v) is 5.30. The third kappa shape index (κ3) is 3.09. The molecule has 18 heavy (non-hydrogen) atoms. The Morgan fingerprint density at radius 2 is 2.22 bits per heavy atom. The van der Waals surface area contributed by atoms with Gasteiger partial charge in [-0.05, 0) is 12.5 Å². The highest BCUT2D eigenvalue weighted by molar-refractivity contribution is 5.66. The molecule has 0 unspecified atom stereocenters. The van der Waals surface area contributed by atoms with E-state index in [1.165, 1.54) is 12.3 Å². The lowest BCUT2D eigenvalue weighted by Gasteiger charge is -1.94. The third-order valence-corrected chi connectivity index (χ3v) is 2.20. The molecule has 0 amide bonds. The largest absolute Gasteiger partial charge is 0.481 e. The molecule has 0 saturated heterocycles. The van der Waals surface area contributed by atoms with Crippen LogP contribution in [0.5, 0.6) is 0 Å². The van der Waals surface area contributed by atoms with Gasteiger partial charge in [0.2, 0.25) is 11.8 Å². The van der Waals surface area contributed by atoms with E-state index >= 15 is 0 Å². The van der Waals surface area contributed by atoms with Crippen LogP contribution in [0.15, 0.2) is 22.9 Å². The number of pyridine rings is 1. The van der Waals surface area contributed by atoms with Gasteiger partial charge in [-0.3, -0.25) is 9.78 Å². The molecule has 0 fully saturated rings. The van der Waals surface area contributed by atoms with E-state index in [0.717, 1.165) is 6.20 Å². The SMILES string of the molecule is O=C(O)CCCc1nnc(-c2cncc(F)c2)o1. The molecule has 2 aromatic heterocycles. The summed E-state index contributed by atoms with van der Waals surface area (Å²) >= 11 is 0. The van der Waals surface area contributed by atoms with Gasteiger partial charge in [-0.2, -0.15) is 0 Å².